The molecule has 0 radical (unpaired) electrons. The van der Waals surface area contributed by atoms with Crippen LogP contribution in [0.1, 0.15) is 0 Å². The highest BCUT2D eigenvalue weighted by atomic mass is 35.5. The van der Waals surface area contributed by atoms with Gasteiger partial charge in [-0.2, -0.15) is 0 Å². The standard InChI is InChI=1S/C20H13ClN4O2/c21-16-11-10-14(12-18(16)25(26)27)22-20-15-8-4-5-9-17(15)23-19(24-20)13-6-2-1-3-7-13/h1-12H,(H,22,23,24). The van der Waals surface area contributed by atoms with Crippen molar-refractivity contribution in [1.29, 1.82) is 0 Å². The summed E-state index contributed by atoms with van der Waals surface area (Å²) < 4.78 is 0. The number of hydrogen-bond donors (Lipinski definition) is 1. The highest BCUT2D eigenvalue weighted by Crippen LogP contribution is 2.31. The highest BCUT2D eigenvalue weighted by molar-refractivity contribution is 6.32. The second kappa shape index (κ2) is 7.01. The maximum absolute atomic E-state index is 11.1. The van der Waals surface area contributed by atoms with Gasteiger partial charge in [0.05, 0.1) is 10.4 Å². The molecule has 0 spiro atoms. The fraction of sp³-hybridized carbons (Fsp3) is 0. The predicted molar refractivity (Wildman–Crippen MR) is 106 cm³/mol. The molecule has 0 bridgehead atoms. The monoisotopic (exact) mass is 376 g/mol. The maximum atomic E-state index is 11.1. The van der Waals surface area contributed by atoms with Crippen LogP contribution in [-0.2, 0) is 0 Å². The van der Waals surface area contributed by atoms with Crippen LogP contribution in [0.15, 0.2) is 72.8 Å². The normalized spacial score (nSPS) is 10.7. The fourth-order valence-corrected chi connectivity index (χ4v) is 2.94. The Bertz CT molecular complexity index is 1150. The molecule has 3 aromatic carbocycles. The number of aromatic nitrogens is 2. The first-order chi connectivity index (χ1) is 13.1. The molecule has 0 atom stereocenters. The number of para-hydroxylation sites is 1. The summed E-state index contributed by atoms with van der Waals surface area (Å²) in [6.45, 7) is 0. The first-order valence-corrected chi connectivity index (χ1v) is 8.53. The van der Waals surface area contributed by atoms with E-state index in [0.29, 0.717) is 17.3 Å². The molecule has 132 valence electrons. The lowest BCUT2D eigenvalue weighted by atomic mass is 10.2. The van der Waals surface area contributed by atoms with Gasteiger partial charge >= 0.3 is 0 Å². The van der Waals surface area contributed by atoms with E-state index in [-0.39, 0.29) is 10.7 Å². The molecule has 1 aromatic heterocycles. The third kappa shape index (κ3) is 3.43. The topological polar surface area (TPSA) is 81.0 Å². The molecule has 4 rings (SSSR count). The van der Waals surface area contributed by atoms with Gasteiger partial charge in [-0.05, 0) is 24.3 Å². The summed E-state index contributed by atoms with van der Waals surface area (Å²) >= 11 is 5.90. The van der Waals surface area contributed by atoms with Gasteiger partial charge in [-0.3, -0.25) is 10.1 Å². The number of benzene rings is 3. The third-order valence-electron chi connectivity index (χ3n) is 4.04. The molecule has 0 aliphatic heterocycles. The number of hydrogen-bond acceptors (Lipinski definition) is 5. The van der Waals surface area contributed by atoms with Crippen molar-refractivity contribution in [2.75, 3.05) is 5.32 Å². The smallest absolute Gasteiger partial charge is 0.289 e. The number of nitrogens with one attached hydrogen (secondary N) is 1. The second-order valence-electron chi connectivity index (χ2n) is 5.83. The van der Waals surface area contributed by atoms with Crippen LogP contribution in [0.5, 0.6) is 0 Å². The van der Waals surface area contributed by atoms with Crippen LogP contribution in [0.25, 0.3) is 22.3 Å². The van der Waals surface area contributed by atoms with Crippen molar-refractivity contribution in [2.45, 2.75) is 0 Å². The Kier molecular flexibility index (Phi) is 4.40. The molecule has 0 aliphatic rings. The Hall–Kier alpha value is -3.51. The van der Waals surface area contributed by atoms with E-state index in [2.05, 4.69) is 15.3 Å². The average Bonchev–Trinajstić information content (AvgIpc) is 2.70. The number of nitro groups is 1. The van der Waals surface area contributed by atoms with Crippen molar-refractivity contribution in [2.24, 2.45) is 0 Å². The second-order valence-corrected chi connectivity index (χ2v) is 6.23. The van der Waals surface area contributed by atoms with Crippen LogP contribution in [0.3, 0.4) is 0 Å². The minimum Gasteiger partial charge on any atom is -0.339 e. The van der Waals surface area contributed by atoms with Crippen LogP contribution >= 0.6 is 11.6 Å². The fourth-order valence-electron chi connectivity index (χ4n) is 2.76. The van der Waals surface area contributed by atoms with Crippen molar-refractivity contribution in [3.8, 4) is 11.4 Å². The Morgan fingerprint density at radius 2 is 1.67 bits per heavy atom. The van der Waals surface area contributed by atoms with E-state index in [1.807, 2.05) is 54.6 Å². The van der Waals surface area contributed by atoms with Crippen LogP contribution in [0.4, 0.5) is 17.2 Å². The van der Waals surface area contributed by atoms with Gasteiger partial charge in [0.25, 0.3) is 5.69 Å². The number of nitro benzene ring substituents is 1. The van der Waals surface area contributed by atoms with Crippen molar-refractivity contribution >= 4 is 39.7 Å². The van der Waals surface area contributed by atoms with Gasteiger partial charge in [0.15, 0.2) is 5.82 Å². The molecule has 1 heterocycles. The summed E-state index contributed by atoms with van der Waals surface area (Å²) in [6, 6.07) is 21.8. The van der Waals surface area contributed by atoms with Gasteiger partial charge in [0.2, 0.25) is 0 Å². The minimum absolute atomic E-state index is 0.0862. The summed E-state index contributed by atoms with van der Waals surface area (Å²) in [5.74, 6) is 1.14. The van der Waals surface area contributed by atoms with E-state index < -0.39 is 4.92 Å². The van der Waals surface area contributed by atoms with E-state index >= 15 is 0 Å². The van der Waals surface area contributed by atoms with Crippen LogP contribution in [-0.4, -0.2) is 14.9 Å². The van der Waals surface area contributed by atoms with Crippen molar-refractivity contribution in [3.63, 3.8) is 0 Å². The van der Waals surface area contributed by atoms with Crippen LogP contribution < -0.4 is 5.32 Å². The zero-order chi connectivity index (χ0) is 18.8. The summed E-state index contributed by atoms with van der Waals surface area (Å²) in [5, 5.41) is 15.2. The van der Waals surface area contributed by atoms with Gasteiger partial charge in [0.1, 0.15) is 10.8 Å². The van der Waals surface area contributed by atoms with Gasteiger partial charge in [-0.15, -0.1) is 0 Å². The number of nitrogens with zero attached hydrogens (tertiary/aromatic N) is 3. The van der Waals surface area contributed by atoms with Gasteiger partial charge < -0.3 is 5.32 Å². The lowest BCUT2D eigenvalue weighted by Gasteiger charge is -2.11. The summed E-state index contributed by atoms with van der Waals surface area (Å²) in [7, 11) is 0. The molecule has 0 unspecified atom stereocenters. The Morgan fingerprint density at radius 1 is 0.926 bits per heavy atom. The van der Waals surface area contributed by atoms with E-state index in [1.165, 1.54) is 12.1 Å². The van der Waals surface area contributed by atoms with Crippen molar-refractivity contribution in [3.05, 3.63) is 87.9 Å². The zero-order valence-electron chi connectivity index (χ0n) is 14.0. The molecule has 6 nitrogen and oxygen atoms in total. The number of halogens is 1. The molecule has 4 aromatic rings. The highest BCUT2D eigenvalue weighted by Gasteiger charge is 2.14. The first-order valence-electron chi connectivity index (χ1n) is 8.15. The van der Waals surface area contributed by atoms with Gasteiger partial charge in [0, 0.05) is 22.7 Å². The largest absolute Gasteiger partial charge is 0.339 e. The molecule has 7 heteroatoms. The molecule has 0 saturated carbocycles. The molecule has 0 aliphatic carbocycles. The van der Waals surface area contributed by atoms with Crippen molar-refractivity contribution in [1.82, 2.24) is 9.97 Å². The Morgan fingerprint density at radius 3 is 2.44 bits per heavy atom. The molecule has 1 N–H and O–H groups in total. The summed E-state index contributed by atoms with van der Waals surface area (Å²) in [6.07, 6.45) is 0. The quantitative estimate of drug-likeness (QED) is 0.370. The molecular formula is C20H13ClN4O2. The minimum atomic E-state index is -0.513. The maximum Gasteiger partial charge on any atom is 0.289 e. The Labute approximate surface area is 159 Å². The Balaban J connectivity index is 1.83. The number of anilines is 2. The molecule has 0 fully saturated rings. The lowest BCUT2D eigenvalue weighted by Crippen LogP contribution is -2.00. The first kappa shape index (κ1) is 16.9. The van der Waals surface area contributed by atoms with E-state index in [9.17, 15) is 10.1 Å². The number of fused-ring (bicyclic) bond motifs is 1. The van der Waals surface area contributed by atoms with E-state index in [4.69, 9.17) is 11.6 Å². The predicted octanol–water partition coefficient (Wildman–Crippen LogP) is 5.60. The zero-order valence-corrected chi connectivity index (χ0v) is 14.7. The summed E-state index contributed by atoms with van der Waals surface area (Å²) in [4.78, 5) is 19.9. The SMILES string of the molecule is O=[N+]([O-])c1cc(Nc2nc(-c3ccccc3)nc3ccccc23)ccc1Cl. The third-order valence-corrected chi connectivity index (χ3v) is 4.36. The molecule has 27 heavy (non-hydrogen) atoms. The van der Waals surface area contributed by atoms with E-state index in [1.54, 1.807) is 6.07 Å². The average molecular weight is 377 g/mol. The van der Waals surface area contributed by atoms with Gasteiger partial charge in [-0.25, -0.2) is 9.97 Å². The van der Waals surface area contributed by atoms with Crippen molar-refractivity contribution < 1.29 is 4.92 Å². The van der Waals surface area contributed by atoms with Crippen LogP contribution in [0.2, 0.25) is 5.02 Å². The molecule has 0 saturated heterocycles. The lowest BCUT2D eigenvalue weighted by molar-refractivity contribution is -0.384. The van der Waals surface area contributed by atoms with Gasteiger partial charge in [-0.1, -0.05) is 54.1 Å². The van der Waals surface area contributed by atoms with Crippen LogP contribution in [0, 0.1) is 10.1 Å². The molecule has 0 amide bonds. The summed E-state index contributed by atoms with van der Waals surface area (Å²) in [5.41, 5.74) is 2.02. The number of rotatable bonds is 4. The van der Waals surface area contributed by atoms with E-state index in [0.717, 1.165) is 16.5 Å². The molecular weight excluding hydrogens is 364 g/mol.